The molecule has 2 heterocycles. The summed E-state index contributed by atoms with van der Waals surface area (Å²) in [6.45, 7) is 7.53. The Kier molecular flexibility index (Phi) is 7.14. The van der Waals surface area contributed by atoms with Crippen molar-refractivity contribution in [2.45, 2.75) is 38.2 Å². The van der Waals surface area contributed by atoms with E-state index in [2.05, 4.69) is 10.2 Å². The average molecular weight is 270 g/mol. The van der Waals surface area contributed by atoms with Gasteiger partial charge in [0.05, 0.1) is 12.7 Å². The van der Waals surface area contributed by atoms with Crippen molar-refractivity contribution in [3.8, 4) is 0 Å². The monoisotopic (exact) mass is 270 g/mol. The number of rotatable bonds is 7. The highest BCUT2D eigenvalue weighted by molar-refractivity contribution is 4.77. The molecular formula is C15H30N2O2. The lowest BCUT2D eigenvalue weighted by Gasteiger charge is -2.36. The number of likely N-dealkylation sites (tertiary alicyclic amines) is 1. The third-order valence-corrected chi connectivity index (χ3v) is 4.25. The van der Waals surface area contributed by atoms with Gasteiger partial charge in [0.25, 0.3) is 0 Å². The summed E-state index contributed by atoms with van der Waals surface area (Å²) in [5.74, 6) is 0.800. The maximum atomic E-state index is 5.86. The van der Waals surface area contributed by atoms with E-state index >= 15 is 0 Å². The van der Waals surface area contributed by atoms with Crippen LogP contribution in [-0.2, 0) is 9.47 Å². The molecule has 2 aliphatic heterocycles. The Labute approximate surface area is 117 Å². The summed E-state index contributed by atoms with van der Waals surface area (Å²) in [5.41, 5.74) is 0. The highest BCUT2D eigenvalue weighted by Crippen LogP contribution is 2.19. The van der Waals surface area contributed by atoms with Gasteiger partial charge in [-0.1, -0.05) is 0 Å². The third-order valence-electron chi connectivity index (χ3n) is 4.25. The van der Waals surface area contributed by atoms with Crippen LogP contribution in [0.1, 0.15) is 32.1 Å². The van der Waals surface area contributed by atoms with Crippen molar-refractivity contribution in [3.05, 3.63) is 0 Å². The summed E-state index contributed by atoms with van der Waals surface area (Å²) in [5, 5.41) is 3.50. The molecule has 2 atom stereocenters. The van der Waals surface area contributed by atoms with Crippen LogP contribution >= 0.6 is 0 Å². The van der Waals surface area contributed by atoms with Crippen molar-refractivity contribution in [2.24, 2.45) is 5.92 Å². The van der Waals surface area contributed by atoms with Crippen molar-refractivity contribution in [1.82, 2.24) is 10.2 Å². The SMILES string of the molecule is COCCNCC1CCCN(CC2CCCCO2)C1. The van der Waals surface area contributed by atoms with Gasteiger partial charge in [0, 0.05) is 33.4 Å². The van der Waals surface area contributed by atoms with Crippen LogP contribution in [0.5, 0.6) is 0 Å². The molecule has 0 spiro atoms. The lowest BCUT2D eigenvalue weighted by atomic mass is 9.97. The predicted octanol–water partition coefficient (Wildman–Crippen LogP) is 1.50. The number of methoxy groups -OCH3 is 1. The molecule has 0 bridgehead atoms. The fraction of sp³-hybridized carbons (Fsp3) is 1.00. The highest BCUT2D eigenvalue weighted by Gasteiger charge is 2.23. The minimum atomic E-state index is 0.494. The van der Waals surface area contributed by atoms with E-state index in [1.54, 1.807) is 7.11 Å². The molecule has 4 nitrogen and oxygen atoms in total. The molecule has 2 rings (SSSR count). The molecule has 0 aromatic carbocycles. The second-order valence-corrected chi connectivity index (χ2v) is 5.95. The number of hydrogen-bond donors (Lipinski definition) is 1. The summed E-state index contributed by atoms with van der Waals surface area (Å²) < 4.78 is 10.9. The van der Waals surface area contributed by atoms with Crippen molar-refractivity contribution in [2.75, 3.05) is 53.0 Å². The van der Waals surface area contributed by atoms with Gasteiger partial charge in [-0.25, -0.2) is 0 Å². The molecule has 19 heavy (non-hydrogen) atoms. The van der Waals surface area contributed by atoms with E-state index in [0.717, 1.165) is 38.8 Å². The number of hydrogen-bond acceptors (Lipinski definition) is 4. The number of piperidine rings is 1. The van der Waals surface area contributed by atoms with Crippen LogP contribution in [0.2, 0.25) is 0 Å². The van der Waals surface area contributed by atoms with Crippen LogP contribution in [0.4, 0.5) is 0 Å². The number of ether oxygens (including phenoxy) is 2. The van der Waals surface area contributed by atoms with E-state index in [-0.39, 0.29) is 0 Å². The van der Waals surface area contributed by atoms with Crippen molar-refractivity contribution in [3.63, 3.8) is 0 Å². The van der Waals surface area contributed by atoms with Crippen LogP contribution in [0.15, 0.2) is 0 Å². The highest BCUT2D eigenvalue weighted by atomic mass is 16.5. The van der Waals surface area contributed by atoms with Gasteiger partial charge in [-0.3, -0.25) is 0 Å². The zero-order valence-corrected chi connectivity index (χ0v) is 12.4. The Balaban J connectivity index is 1.62. The van der Waals surface area contributed by atoms with E-state index in [0.29, 0.717) is 6.10 Å². The summed E-state index contributed by atoms with van der Waals surface area (Å²) in [7, 11) is 1.76. The summed E-state index contributed by atoms with van der Waals surface area (Å²) in [4.78, 5) is 2.61. The minimum absolute atomic E-state index is 0.494. The second-order valence-electron chi connectivity index (χ2n) is 5.95. The topological polar surface area (TPSA) is 33.7 Å². The minimum Gasteiger partial charge on any atom is -0.383 e. The number of nitrogens with zero attached hydrogens (tertiary/aromatic N) is 1. The normalized spacial score (nSPS) is 29.5. The Morgan fingerprint density at radius 2 is 2.21 bits per heavy atom. The largest absolute Gasteiger partial charge is 0.383 e. The first-order valence-electron chi connectivity index (χ1n) is 7.92. The second kappa shape index (κ2) is 8.90. The van der Waals surface area contributed by atoms with Gasteiger partial charge in [0.15, 0.2) is 0 Å². The van der Waals surface area contributed by atoms with E-state index < -0.39 is 0 Å². The number of nitrogens with one attached hydrogen (secondary N) is 1. The van der Waals surface area contributed by atoms with Crippen molar-refractivity contribution < 1.29 is 9.47 Å². The fourth-order valence-corrected chi connectivity index (χ4v) is 3.20. The van der Waals surface area contributed by atoms with Gasteiger partial charge < -0.3 is 19.7 Å². The molecule has 2 saturated heterocycles. The van der Waals surface area contributed by atoms with Gasteiger partial charge in [0.1, 0.15) is 0 Å². The lowest BCUT2D eigenvalue weighted by Crippen LogP contribution is -2.44. The molecule has 0 aromatic rings. The third kappa shape index (κ3) is 5.78. The Morgan fingerprint density at radius 3 is 3.00 bits per heavy atom. The molecule has 0 amide bonds. The first-order chi connectivity index (χ1) is 9.38. The fourth-order valence-electron chi connectivity index (χ4n) is 3.20. The van der Waals surface area contributed by atoms with Crippen molar-refractivity contribution in [1.29, 1.82) is 0 Å². The van der Waals surface area contributed by atoms with Crippen LogP contribution < -0.4 is 5.32 Å². The standard InChI is InChI=1S/C15H30N2O2/c1-18-10-7-16-11-14-5-4-8-17(12-14)13-15-6-2-3-9-19-15/h14-16H,2-13H2,1H3. The smallest absolute Gasteiger partial charge is 0.0702 e. The average Bonchev–Trinajstić information content (AvgIpc) is 2.45. The Hall–Kier alpha value is -0.160. The first kappa shape index (κ1) is 15.2. The molecule has 1 N–H and O–H groups in total. The maximum Gasteiger partial charge on any atom is 0.0702 e. The molecule has 0 saturated carbocycles. The molecule has 0 aliphatic carbocycles. The van der Waals surface area contributed by atoms with Crippen LogP contribution in [0.25, 0.3) is 0 Å². The van der Waals surface area contributed by atoms with E-state index in [1.165, 1.54) is 45.2 Å². The van der Waals surface area contributed by atoms with Crippen LogP contribution in [0.3, 0.4) is 0 Å². The molecular weight excluding hydrogens is 240 g/mol. The van der Waals surface area contributed by atoms with Gasteiger partial charge in [0.2, 0.25) is 0 Å². The maximum absolute atomic E-state index is 5.86. The molecule has 0 radical (unpaired) electrons. The first-order valence-corrected chi connectivity index (χ1v) is 7.92. The Morgan fingerprint density at radius 1 is 1.26 bits per heavy atom. The summed E-state index contributed by atoms with van der Waals surface area (Å²) in [6, 6.07) is 0. The lowest BCUT2D eigenvalue weighted by molar-refractivity contribution is -0.0127. The molecule has 0 aromatic heterocycles. The molecule has 2 unspecified atom stereocenters. The Bertz CT molecular complexity index is 232. The quantitative estimate of drug-likeness (QED) is 0.711. The van der Waals surface area contributed by atoms with E-state index in [4.69, 9.17) is 9.47 Å². The molecule has 112 valence electrons. The summed E-state index contributed by atoms with van der Waals surface area (Å²) >= 11 is 0. The van der Waals surface area contributed by atoms with E-state index in [9.17, 15) is 0 Å². The van der Waals surface area contributed by atoms with Gasteiger partial charge in [-0.2, -0.15) is 0 Å². The zero-order chi connectivity index (χ0) is 13.3. The zero-order valence-electron chi connectivity index (χ0n) is 12.4. The van der Waals surface area contributed by atoms with Crippen molar-refractivity contribution >= 4 is 0 Å². The van der Waals surface area contributed by atoms with Crippen LogP contribution in [-0.4, -0.2) is 64.1 Å². The van der Waals surface area contributed by atoms with E-state index in [1.807, 2.05) is 0 Å². The van der Waals surface area contributed by atoms with Gasteiger partial charge in [-0.15, -0.1) is 0 Å². The summed E-state index contributed by atoms with van der Waals surface area (Å²) in [6.07, 6.45) is 7.05. The molecule has 4 heteroatoms. The molecule has 2 fully saturated rings. The predicted molar refractivity (Wildman–Crippen MR) is 77.5 cm³/mol. The van der Waals surface area contributed by atoms with Gasteiger partial charge in [-0.05, 0) is 51.1 Å². The molecule has 2 aliphatic rings. The van der Waals surface area contributed by atoms with Gasteiger partial charge >= 0.3 is 0 Å². The van der Waals surface area contributed by atoms with Crippen LogP contribution in [0, 0.1) is 5.92 Å².